The minimum absolute atomic E-state index is 0.0176. The van der Waals surface area contributed by atoms with E-state index < -0.39 is 0 Å². The van der Waals surface area contributed by atoms with Gasteiger partial charge in [-0.3, -0.25) is 4.57 Å². The van der Waals surface area contributed by atoms with Crippen LogP contribution < -0.4 is 11.4 Å². The van der Waals surface area contributed by atoms with Gasteiger partial charge in [0.1, 0.15) is 10.7 Å². The lowest BCUT2D eigenvalue weighted by Gasteiger charge is -2.08. The van der Waals surface area contributed by atoms with Crippen LogP contribution in [0.3, 0.4) is 0 Å². The molecule has 9 heteroatoms. The zero-order chi connectivity index (χ0) is 14.7. The van der Waals surface area contributed by atoms with Gasteiger partial charge < -0.3 is 10.9 Å². The van der Waals surface area contributed by atoms with Crippen LogP contribution in [-0.2, 0) is 0 Å². The number of amidine groups is 1. The van der Waals surface area contributed by atoms with Gasteiger partial charge in [-0.05, 0) is 37.7 Å². The maximum atomic E-state index is 11.6. The van der Waals surface area contributed by atoms with Crippen molar-refractivity contribution in [3.05, 3.63) is 34.4 Å². The molecule has 0 amide bonds. The maximum Gasteiger partial charge on any atom is 0.344 e. The number of nitrogens with zero attached hydrogens (tertiary/aromatic N) is 4. The Morgan fingerprint density at radius 2 is 2.30 bits per heavy atom. The van der Waals surface area contributed by atoms with Crippen LogP contribution in [-0.4, -0.2) is 30.8 Å². The molecular formula is C11H14N6O2S. The van der Waals surface area contributed by atoms with Crippen molar-refractivity contribution in [2.45, 2.75) is 30.1 Å². The first-order valence-corrected chi connectivity index (χ1v) is 6.64. The summed E-state index contributed by atoms with van der Waals surface area (Å²) in [5, 5.41) is 19.0. The highest BCUT2D eigenvalue weighted by atomic mass is 32.2. The Bertz CT molecular complexity index is 690. The number of nitrogens with two attached hydrogens (primary N) is 1. The predicted octanol–water partition coefficient (Wildman–Crippen LogP) is 0.793. The molecular weight excluding hydrogens is 280 g/mol. The summed E-state index contributed by atoms with van der Waals surface area (Å²) in [7, 11) is 0. The number of H-pyrrole nitrogens is 1. The van der Waals surface area contributed by atoms with Crippen LogP contribution in [0, 0.1) is 0 Å². The average molecular weight is 294 g/mol. The zero-order valence-electron chi connectivity index (χ0n) is 10.9. The second kappa shape index (κ2) is 5.78. The quantitative estimate of drug-likeness (QED) is 0.332. The standard InChI is InChI=1S/C11H14N6O2S/c1-6(2)17-10(18)14-15-11(17)20-8-5-3-4-7(13-8)9(12)16-19/h3-6,19H,1-2H3,(H2,12,16)(H,14,18). The van der Waals surface area contributed by atoms with Crippen LogP contribution in [0.2, 0.25) is 0 Å². The lowest BCUT2D eigenvalue weighted by molar-refractivity contribution is 0.318. The molecule has 20 heavy (non-hydrogen) atoms. The van der Waals surface area contributed by atoms with Crippen molar-refractivity contribution < 1.29 is 5.21 Å². The summed E-state index contributed by atoms with van der Waals surface area (Å²) >= 11 is 1.22. The van der Waals surface area contributed by atoms with Gasteiger partial charge in [-0.15, -0.1) is 5.10 Å². The first kappa shape index (κ1) is 14.1. The summed E-state index contributed by atoms with van der Waals surface area (Å²) in [5.41, 5.74) is 5.57. The van der Waals surface area contributed by atoms with Gasteiger partial charge in [-0.1, -0.05) is 11.2 Å². The second-order valence-corrected chi connectivity index (χ2v) is 5.21. The minimum atomic E-state index is -0.268. The van der Waals surface area contributed by atoms with Crippen LogP contribution in [0.1, 0.15) is 25.6 Å². The fourth-order valence-corrected chi connectivity index (χ4v) is 2.54. The topological polar surface area (TPSA) is 122 Å². The van der Waals surface area contributed by atoms with Gasteiger partial charge in [-0.2, -0.15) is 0 Å². The van der Waals surface area contributed by atoms with Crippen molar-refractivity contribution in [2.24, 2.45) is 10.9 Å². The lowest BCUT2D eigenvalue weighted by atomic mass is 10.3. The van der Waals surface area contributed by atoms with Gasteiger partial charge in [0.2, 0.25) is 0 Å². The van der Waals surface area contributed by atoms with E-state index in [2.05, 4.69) is 20.3 Å². The number of oxime groups is 1. The number of hydrogen-bond donors (Lipinski definition) is 3. The minimum Gasteiger partial charge on any atom is -0.409 e. The molecule has 2 aromatic rings. The van der Waals surface area contributed by atoms with E-state index in [0.717, 1.165) is 0 Å². The summed E-state index contributed by atoms with van der Waals surface area (Å²) in [4.78, 5) is 15.9. The molecule has 0 fully saturated rings. The number of rotatable bonds is 4. The highest BCUT2D eigenvalue weighted by molar-refractivity contribution is 7.99. The summed E-state index contributed by atoms with van der Waals surface area (Å²) in [6, 6.07) is 5.09. The van der Waals surface area contributed by atoms with E-state index in [4.69, 9.17) is 10.9 Å². The molecule has 0 saturated heterocycles. The predicted molar refractivity (Wildman–Crippen MR) is 74.1 cm³/mol. The SMILES string of the molecule is CC(C)n1c(Sc2cccc(C(N)=NO)n2)n[nH]c1=O. The molecule has 106 valence electrons. The van der Waals surface area contributed by atoms with E-state index in [0.29, 0.717) is 15.9 Å². The molecule has 0 aliphatic heterocycles. The Balaban J connectivity index is 2.34. The molecule has 0 saturated carbocycles. The van der Waals surface area contributed by atoms with E-state index in [1.807, 2.05) is 13.8 Å². The van der Waals surface area contributed by atoms with E-state index in [1.54, 1.807) is 18.2 Å². The molecule has 2 aromatic heterocycles. The average Bonchev–Trinajstić information content (AvgIpc) is 2.79. The first-order valence-electron chi connectivity index (χ1n) is 5.82. The van der Waals surface area contributed by atoms with Crippen molar-refractivity contribution in [1.82, 2.24) is 19.7 Å². The highest BCUT2D eigenvalue weighted by Gasteiger charge is 2.13. The summed E-state index contributed by atoms with van der Waals surface area (Å²) < 4.78 is 1.53. The van der Waals surface area contributed by atoms with Gasteiger partial charge in [0.05, 0.1) is 0 Å². The third-order valence-corrected chi connectivity index (χ3v) is 3.39. The molecule has 0 aromatic carbocycles. The Morgan fingerprint density at radius 1 is 1.55 bits per heavy atom. The van der Waals surface area contributed by atoms with Gasteiger partial charge >= 0.3 is 5.69 Å². The van der Waals surface area contributed by atoms with Crippen molar-refractivity contribution in [3.8, 4) is 0 Å². The maximum absolute atomic E-state index is 11.6. The van der Waals surface area contributed by atoms with Gasteiger partial charge in [0.25, 0.3) is 0 Å². The fourth-order valence-electron chi connectivity index (χ4n) is 1.58. The van der Waals surface area contributed by atoms with Crippen LogP contribution >= 0.6 is 11.8 Å². The van der Waals surface area contributed by atoms with Gasteiger partial charge in [-0.25, -0.2) is 14.9 Å². The van der Waals surface area contributed by atoms with Crippen molar-refractivity contribution >= 4 is 17.6 Å². The van der Waals surface area contributed by atoms with Crippen molar-refractivity contribution in [2.75, 3.05) is 0 Å². The molecule has 2 heterocycles. The molecule has 0 aliphatic rings. The van der Waals surface area contributed by atoms with Gasteiger partial charge in [0.15, 0.2) is 11.0 Å². The molecule has 4 N–H and O–H groups in total. The summed E-state index contributed by atoms with van der Waals surface area (Å²) in [5.74, 6) is -0.0734. The highest BCUT2D eigenvalue weighted by Crippen LogP contribution is 2.24. The Kier molecular flexibility index (Phi) is 4.08. The smallest absolute Gasteiger partial charge is 0.344 e. The molecule has 0 unspecified atom stereocenters. The van der Waals surface area contributed by atoms with Crippen LogP contribution in [0.25, 0.3) is 0 Å². The van der Waals surface area contributed by atoms with E-state index >= 15 is 0 Å². The van der Waals surface area contributed by atoms with Crippen LogP contribution in [0.5, 0.6) is 0 Å². The van der Waals surface area contributed by atoms with E-state index in [1.165, 1.54) is 16.3 Å². The summed E-state index contributed by atoms with van der Waals surface area (Å²) in [6.45, 7) is 3.78. The van der Waals surface area contributed by atoms with E-state index in [9.17, 15) is 4.79 Å². The largest absolute Gasteiger partial charge is 0.409 e. The van der Waals surface area contributed by atoms with Crippen molar-refractivity contribution in [1.29, 1.82) is 0 Å². The van der Waals surface area contributed by atoms with Crippen molar-refractivity contribution in [3.63, 3.8) is 0 Å². The molecule has 0 bridgehead atoms. The second-order valence-electron chi connectivity index (χ2n) is 4.22. The number of aromatic nitrogens is 4. The number of aromatic amines is 1. The number of hydrogen-bond acceptors (Lipinski definition) is 6. The molecule has 2 rings (SSSR count). The van der Waals surface area contributed by atoms with Crippen LogP contribution in [0.4, 0.5) is 0 Å². The number of nitrogens with one attached hydrogen (secondary N) is 1. The summed E-state index contributed by atoms with van der Waals surface area (Å²) in [6.07, 6.45) is 0. The Morgan fingerprint density at radius 3 is 2.95 bits per heavy atom. The molecule has 0 aliphatic carbocycles. The van der Waals surface area contributed by atoms with E-state index in [-0.39, 0.29) is 17.6 Å². The third kappa shape index (κ3) is 2.82. The molecule has 8 nitrogen and oxygen atoms in total. The Labute approximate surface area is 118 Å². The monoisotopic (exact) mass is 294 g/mol. The first-order chi connectivity index (χ1) is 9.52. The zero-order valence-corrected chi connectivity index (χ0v) is 11.8. The third-order valence-electron chi connectivity index (χ3n) is 2.48. The van der Waals surface area contributed by atoms with Gasteiger partial charge in [0, 0.05) is 6.04 Å². The normalized spacial score (nSPS) is 12.1. The number of pyridine rings is 1. The molecule has 0 radical (unpaired) electrons. The Hall–Kier alpha value is -2.29. The van der Waals surface area contributed by atoms with Crippen LogP contribution in [0.15, 0.2) is 38.3 Å². The molecule has 0 spiro atoms. The fraction of sp³-hybridized carbons (Fsp3) is 0.273. The molecule has 0 atom stereocenters. The lowest BCUT2D eigenvalue weighted by Crippen LogP contribution is -2.19.